The molecule has 2 aromatic carbocycles. The van der Waals surface area contributed by atoms with Gasteiger partial charge in [0.25, 0.3) is 11.5 Å². The van der Waals surface area contributed by atoms with E-state index in [1.54, 1.807) is 0 Å². The summed E-state index contributed by atoms with van der Waals surface area (Å²) in [4.78, 5) is 15.9. The second-order valence-corrected chi connectivity index (χ2v) is 5.37. The highest BCUT2D eigenvalue weighted by Crippen LogP contribution is 2.28. The zero-order valence-corrected chi connectivity index (χ0v) is 11.1. The molecule has 0 aliphatic carbocycles. The van der Waals surface area contributed by atoms with Crippen molar-refractivity contribution in [2.75, 3.05) is 0 Å². The summed E-state index contributed by atoms with van der Waals surface area (Å²) < 4.78 is 2.00. The molecule has 3 nitrogen and oxygen atoms in total. The summed E-state index contributed by atoms with van der Waals surface area (Å²) in [6.45, 7) is 0. The summed E-state index contributed by atoms with van der Waals surface area (Å²) in [7, 11) is 0. The lowest BCUT2D eigenvalue weighted by molar-refractivity contribution is -0.592. The average molecular weight is 271 g/mol. The molecule has 0 unspecified atom stereocenters. The third kappa shape index (κ3) is 1.28. The third-order valence-electron chi connectivity index (χ3n) is 4.22. The van der Waals surface area contributed by atoms with Gasteiger partial charge in [-0.05, 0) is 12.1 Å². The molecular formula is C18H11N2O+. The second kappa shape index (κ2) is 3.58. The molecule has 1 N–H and O–H groups in total. The quantitative estimate of drug-likeness (QED) is 0.432. The Morgan fingerprint density at radius 3 is 2.62 bits per heavy atom. The van der Waals surface area contributed by atoms with Gasteiger partial charge in [-0.2, -0.15) is 4.57 Å². The Hall–Kier alpha value is -2.94. The van der Waals surface area contributed by atoms with Crippen LogP contribution >= 0.6 is 0 Å². The van der Waals surface area contributed by atoms with Gasteiger partial charge in [-0.3, -0.25) is 4.79 Å². The molecule has 98 valence electrons. The number of hydrogen-bond acceptors (Lipinski definition) is 1. The monoisotopic (exact) mass is 271 g/mol. The molecule has 5 rings (SSSR count). The van der Waals surface area contributed by atoms with Gasteiger partial charge in [0.05, 0.1) is 10.9 Å². The second-order valence-electron chi connectivity index (χ2n) is 5.37. The molecule has 1 aliphatic heterocycles. The van der Waals surface area contributed by atoms with E-state index < -0.39 is 0 Å². The molecule has 0 spiro atoms. The topological polar surface area (TPSA) is 36.7 Å². The van der Waals surface area contributed by atoms with Gasteiger partial charge in [-0.1, -0.05) is 30.3 Å². The molecular weight excluding hydrogens is 260 g/mol. The van der Waals surface area contributed by atoms with Gasteiger partial charge in [0, 0.05) is 23.0 Å². The Labute approximate surface area is 120 Å². The van der Waals surface area contributed by atoms with Gasteiger partial charge in [-0.15, -0.1) is 0 Å². The molecule has 0 bridgehead atoms. The number of carbonyl (C=O) groups is 1. The minimum Gasteiger partial charge on any atom is -0.354 e. The number of benzene rings is 2. The zero-order chi connectivity index (χ0) is 14.0. The van der Waals surface area contributed by atoms with E-state index in [0.717, 1.165) is 33.4 Å². The third-order valence-corrected chi connectivity index (χ3v) is 4.22. The van der Waals surface area contributed by atoms with E-state index in [1.807, 2.05) is 47.0 Å². The molecule has 3 heterocycles. The van der Waals surface area contributed by atoms with Crippen LogP contribution in [-0.4, -0.2) is 10.8 Å². The normalized spacial score (nSPS) is 12.9. The maximum absolute atomic E-state index is 12.5. The first-order valence-corrected chi connectivity index (χ1v) is 6.93. The standard InChI is InChI=1S/C18H10N2O/c21-18-12-6-2-4-8-16(12)20-10-13-11-5-1-3-7-14(11)19-15(13)9-17(18)20/h1-10H/p+1. The summed E-state index contributed by atoms with van der Waals surface area (Å²) >= 11 is 0. The number of carbonyl (C=O) groups excluding carboxylic acids is 1. The number of nitrogens with zero attached hydrogens (tertiary/aromatic N) is 1. The zero-order valence-electron chi connectivity index (χ0n) is 11.1. The van der Waals surface area contributed by atoms with E-state index in [1.165, 1.54) is 5.39 Å². The molecule has 0 atom stereocenters. The van der Waals surface area contributed by atoms with Gasteiger partial charge >= 0.3 is 0 Å². The summed E-state index contributed by atoms with van der Waals surface area (Å²) in [6.07, 6.45) is 2.06. The van der Waals surface area contributed by atoms with Crippen molar-refractivity contribution in [2.45, 2.75) is 0 Å². The molecule has 0 amide bonds. The largest absolute Gasteiger partial charge is 0.354 e. The number of fused-ring (bicyclic) bond motifs is 6. The van der Waals surface area contributed by atoms with Crippen molar-refractivity contribution in [3.63, 3.8) is 0 Å². The Balaban J connectivity index is 1.95. The molecule has 0 saturated heterocycles. The van der Waals surface area contributed by atoms with E-state index in [2.05, 4.69) is 23.3 Å². The van der Waals surface area contributed by atoms with Crippen LogP contribution in [-0.2, 0) is 0 Å². The maximum Gasteiger partial charge on any atom is 0.264 e. The Morgan fingerprint density at radius 1 is 0.857 bits per heavy atom. The first-order chi connectivity index (χ1) is 10.3. The lowest BCUT2D eigenvalue weighted by atomic mass is 10.1. The fourth-order valence-corrected chi connectivity index (χ4v) is 3.23. The number of rotatable bonds is 0. The van der Waals surface area contributed by atoms with Crippen LogP contribution in [0.5, 0.6) is 0 Å². The van der Waals surface area contributed by atoms with Crippen molar-refractivity contribution < 1.29 is 9.36 Å². The minimum absolute atomic E-state index is 0.0890. The lowest BCUT2D eigenvalue weighted by Crippen LogP contribution is -2.31. The highest BCUT2D eigenvalue weighted by Gasteiger charge is 2.35. The summed E-state index contributed by atoms with van der Waals surface area (Å²) in [5, 5.41) is 2.32. The Kier molecular flexibility index (Phi) is 1.84. The van der Waals surface area contributed by atoms with Crippen LogP contribution in [0.25, 0.3) is 27.5 Å². The first-order valence-electron chi connectivity index (χ1n) is 6.93. The van der Waals surface area contributed by atoms with Gasteiger partial charge < -0.3 is 4.98 Å². The van der Waals surface area contributed by atoms with E-state index in [-0.39, 0.29) is 5.78 Å². The molecule has 0 fully saturated rings. The predicted octanol–water partition coefficient (Wildman–Crippen LogP) is 3.14. The molecule has 0 saturated carbocycles. The van der Waals surface area contributed by atoms with Crippen LogP contribution in [0.2, 0.25) is 0 Å². The Morgan fingerprint density at radius 2 is 1.67 bits per heavy atom. The van der Waals surface area contributed by atoms with Gasteiger partial charge in [0.1, 0.15) is 5.56 Å². The SMILES string of the molecule is O=C1c2ccccc2-[n+]2cc3c(cc21)[nH]c1ccccc13. The van der Waals surface area contributed by atoms with Crippen molar-refractivity contribution in [3.8, 4) is 5.69 Å². The first kappa shape index (κ1) is 10.8. The van der Waals surface area contributed by atoms with Crippen LogP contribution in [0.1, 0.15) is 16.1 Å². The maximum atomic E-state index is 12.5. The summed E-state index contributed by atoms with van der Waals surface area (Å²) in [5.41, 5.74) is 4.55. The molecule has 2 aromatic heterocycles. The number of aromatic amines is 1. The highest BCUT2D eigenvalue weighted by atomic mass is 16.1. The van der Waals surface area contributed by atoms with Crippen LogP contribution in [0.4, 0.5) is 0 Å². The molecule has 0 radical (unpaired) electrons. The summed E-state index contributed by atoms with van der Waals surface area (Å²) in [6, 6.07) is 17.9. The fourth-order valence-electron chi connectivity index (χ4n) is 3.23. The fraction of sp³-hybridized carbons (Fsp3) is 0. The van der Waals surface area contributed by atoms with E-state index in [9.17, 15) is 4.79 Å². The number of pyridine rings is 1. The van der Waals surface area contributed by atoms with Crippen molar-refractivity contribution in [1.82, 2.24) is 4.98 Å². The smallest absolute Gasteiger partial charge is 0.264 e. The number of H-pyrrole nitrogens is 1. The molecule has 4 aromatic rings. The lowest BCUT2D eigenvalue weighted by Gasteiger charge is -1.94. The van der Waals surface area contributed by atoms with E-state index in [0.29, 0.717) is 0 Å². The van der Waals surface area contributed by atoms with E-state index in [4.69, 9.17) is 0 Å². The molecule has 21 heavy (non-hydrogen) atoms. The Bertz CT molecular complexity index is 1060. The van der Waals surface area contributed by atoms with Crippen LogP contribution < -0.4 is 4.57 Å². The number of ketones is 1. The van der Waals surface area contributed by atoms with Crippen molar-refractivity contribution in [2.24, 2.45) is 0 Å². The predicted molar refractivity (Wildman–Crippen MR) is 80.8 cm³/mol. The van der Waals surface area contributed by atoms with Gasteiger partial charge in [0.2, 0.25) is 5.69 Å². The molecule has 3 heteroatoms. The van der Waals surface area contributed by atoms with Crippen molar-refractivity contribution in [3.05, 3.63) is 72.1 Å². The number of aromatic nitrogens is 2. The highest BCUT2D eigenvalue weighted by molar-refractivity contribution is 6.13. The molecule has 1 aliphatic rings. The number of nitrogens with one attached hydrogen (secondary N) is 1. The van der Waals surface area contributed by atoms with E-state index >= 15 is 0 Å². The summed E-state index contributed by atoms with van der Waals surface area (Å²) in [5.74, 6) is 0.0890. The van der Waals surface area contributed by atoms with Crippen molar-refractivity contribution in [1.29, 1.82) is 0 Å². The van der Waals surface area contributed by atoms with Crippen LogP contribution in [0.15, 0.2) is 60.8 Å². The van der Waals surface area contributed by atoms with Crippen molar-refractivity contribution >= 4 is 27.6 Å². The van der Waals surface area contributed by atoms with Crippen LogP contribution in [0, 0.1) is 0 Å². The van der Waals surface area contributed by atoms with Gasteiger partial charge in [0.15, 0.2) is 6.20 Å². The average Bonchev–Trinajstić information content (AvgIpc) is 3.02. The number of hydrogen-bond donors (Lipinski definition) is 1. The number of para-hydroxylation sites is 2. The van der Waals surface area contributed by atoms with Crippen LogP contribution in [0.3, 0.4) is 0 Å². The minimum atomic E-state index is 0.0890. The van der Waals surface area contributed by atoms with Gasteiger partial charge in [-0.25, -0.2) is 0 Å².